The lowest BCUT2D eigenvalue weighted by molar-refractivity contribution is -0.384. The number of amides is 1. The van der Waals surface area contributed by atoms with Crippen molar-refractivity contribution in [1.29, 1.82) is 0 Å². The van der Waals surface area contributed by atoms with Crippen LogP contribution in [0.2, 0.25) is 0 Å². The summed E-state index contributed by atoms with van der Waals surface area (Å²) < 4.78 is 5.62. The molecular weight excluding hydrogens is 270 g/mol. The number of nitrogens with one attached hydrogen (secondary N) is 1. The molecule has 0 fully saturated rings. The molecule has 19 heavy (non-hydrogen) atoms. The highest BCUT2D eigenvalue weighted by Crippen LogP contribution is 2.28. The van der Waals surface area contributed by atoms with E-state index >= 15 is 0 Å². The van der Waals surface area contributed by atoms with Crippen LogP contribution in [0.1, 0.15) is 6.92 Å². The van der Waals surface area contributed by atoms with Crippen LogP contribution in [0, 0.1) is 10.1 Å². The van der Waals surface area contributed by atoms with Gasteiger partial charge in [0.1, 0.15) is 6.61 Å². The molecule has 0 aliphatic carbocycles. The minimum absolute atomic E-state index is 0.00310. The topological polar surface area (TPSA) is 94.4 Å². The first-order chi connectivity index (χ1) is 9.10. The van der Waals surface area contributed by atoms with Crippen molar-refractivity contribution in [3.05, 3.63) is 28.3 Å². The number of benzene rings is 1. The lowest BCUT2D eigenvalue weighted by Crippen LogP contribution is -2.17. The van der Waals surface area contributed by atoms with Crippen molar-refractivity contribution < 1.29 is 14.5 Å². The number of rotatable bonds is 5. The van der Waals surface area contributed by atoms with Crippen LogP contribution in [0.3, 0.4) is 0 Å². The number of nitro groups is 1. The maximum Gasteiger partial charge on any atom is 0.270 e. The summed E-state index contributed by atoms with van der Waals surface area (Å²) in [4.78, 5) is 25.8. The molecule has 8 heteroatoms. The molecule has 0 radical (unpaired) electrons. The van der Waals surface area contributed by atoms with E-state index in [0.29, 0.717) is 22.0 Å². The summed E-state index contributed by atoms with van der Waals surface area (Å²) in [7, 11) is 0. The van der Waals surface area contributed by atoms with Gasteiger partial charge in [0.2, 0.25) is 0 Å². The zero-order valence-corrected chi connectivity index (χ0v) is 10.9. The molecule has 1 heterocycles. The van der Waals surface area contributed by atoms with E-state index in [1.165, 1.54) is 23.5 Å². The van der Waals surface area contributed by atoms with E-state index in [2.05, 4.69) is 10.3 Å². The highest BCUT2D eigenvalue weighted by molar-refractivity contribution is 7.22. The second-order valence-electron chi connectivity index (χ2n) is 3.61. The number of carbonyl (C=O) groups excluding carboxylic acids is 1. The predicted octanol–water partition coefficient (Wildman–Crippen LogP) is 2.18. The summed E-state index contributed by atoms with van der Waals surface area (Å²) in [5.74, 6) is -0.296. The van der Waals surface area contributed by atoms with Crippen LogP contribution in [-0.2, 0) is 9.53 Å². The number of anilines is 1. The summed E-state index contributed by atoms with van der Waals surface area (Å²) in [5, 5.41) is 13.6. The second-order valence-corrected chi connectivity index (χ2v) is 4.64. The molecule has 0 saturated heterocycles. The highest BCUT2D eigenvalue weighted by Gasteiger charge is 2.11. The Hall–Kier alpha value is -2.06. The van der Waals surface area contributed by atoms with Gasteiger partial charge in [-0.1, -0.05) is 11.3 Å². The zero-order valence-electron chi connectivity index (χ0n) is 10.1. The average molecular weight is 281 g/mol. The largest absolute Gasteiger partial charge is 0.372 e. The molecule has 2 rings (SSSR count). The normalized spacial score (nSPS) is 10.6. The van der Waals surface area contributed by atoms with Crippen LogP contribution in [0.4, 0.5) is 10.8 Å². The Morgan fingerprint density at radius 1 is 1.58 bits per heavy atom. The molecule has 1 aromatic heterocycles. The van der Waals surface area contributed by atoms with Gasteiger partial charge in [-0.15, -0.1) is 0 Å². The van der Waals surface area contributed by atoms with Crippen molar-refractivity contribution in [3.8, 4) is 0 Å². The molecule has 0 saturated carbocycles. The van der Waals surface area contributed by atoms with Crippen molar-refractivity contribution in [2.24, 2.45) is 0 Å². The van der Waals surface area contributed by atoms with Crippen LogP contribution in [0.15, 0.2) is 18.2 Å². The third-order valence-corrected chi connectivity index (χ3v) is 3.20. The number of fused-ring (bicyclic) bond motifs is 1. The lowest BCUT2D eigenvalue weighted by Gasteiger charge is -2.00. The second kappa shape index (κ2) is 5.72. The smallest absolute Gasteiger partial charge is 0.270 e. The molecule has 0 aliphatic rings. The van der Waals surface area contributed by atoms with E-state index in [9.17, 15) is 14.9 Å². The third kappa shape index (κ3) is 3.24. The SMILES string of the molecule is CCOCC(=O)Nc1nc2ccc([N+](=O)[O-])cc2s1. The Morgan fingerprint density at radius 2 is 2.37 bits per heavy atom. The number of thiazole rings is 1. The summed E-state index contributed by atoms with van der Waals surface area (Å²) in [6.07, 6.45) is 0. The van der Waals surface area contributed by atoms with Crippen LogP contribution >= 0.6 is 11.3 Å². The molecule has 0 unspecified atom stereocenters. The molecular formula is C11H11N3O4S. The molecule has 0 spiro atoms. The van der Waals surface area contributed by atoms with E-state index < -0.39 is 4.92 Å². The Morgan fingerprint density at radius 3 is 3.05 bits per heavy atom. The molecule has 7 nitrogen and oxygen atoms in total. The number of hydrogen-bond donors (Lipinski definition) is 1. The molecule has 0 atom stereocenters. The fourth-order valence-corrected chi connectivity index (χ4v) is 2.35. The number of aromatic nitrogens is 1. The van der Waals surface area contributed by atoms with Crippen molar-refractivity contribution in [3.63, 3.8) is 0 Å². The summed E-state index contributed by atoms with van der Waals surface area (Å²) in [5.41, 5.74) is 0.616. The molecule has 100 valence electrons. The molecule has 0 bridgehead atoms. The van der Waals surface area contributed by atoms with Gasteiger partial charge in [-0.2, -0.15) is 0 Å². The zero-order chi connectivity index (χ0) is 13.8. The number of carbonyl (C=O) groups is 1. The van der Waals surface area contributed by atoms with Gasteiger partial charge in [-0.25, -0.2) is 4.98 Å². The molecule has 2 aromatic rings. The van der Waals surface area contributed by atoms with Crippen LogP contribution in [-0.4, -0.2) is 29.0 Å². The van der Waals surface area contributed by atoms with Crippen molar-refractivity contribution in [2.75, 3.05) is 18.5 Å². The maximum absolute atomic E-state index is 11.4. The standard InChI is InChI=1S/C11H11N3O4S/c1-2-18-6-10(15)13-11-12-8-4-3-7(14(16)17)5-9(8)19-11/h3-5H,2,6H2,1H3,(H,12,13,15). The minimum Gasteiger partial charge on any atom is -0.372 e. The van der Waals surface area contributed by atoms with Gasteiger partial charge in [0, 0.05) is 18.7 Å². The third-order valence-electron chi connectivity index (χ3n) is 2.27. The first kappa shape index (κ1) is 13.4. The van der Waals surface area contributed by atoms with Gasteiger partial charge >= 0.3 is 0 Å². The molecule has 1 amide bonds. The van der Waals surface area contributed by atoms with Gasteiger partial charge in [-0.05, 0) is 13.0 Å². The van der Waals surface area contributed by atoms with Crippen LogP contribution in [0.5, 0.6) is 0 Å². The maximum atomic E-state index is 11.4. The van der Waals surface area contributed by atoms with Gasteiger partial charge < -0.3 is 4.74 Å². The van der Waals surface area contributed by atoms with Crippen LogP contribution in [0.25, 0.3) is 10.2 Å². The van der Waals surface area contributed by atoms with Crippen molar-refractivity contribution in [2.45, 2.75) is 6.92 Å². The molecule has 0 aliphatic heterocycles. The number of nitrogens with zero attached hydrogens (tertiary/aromatic N) is 2. The average Bonchev–Trinajstić information content (AvgIpc) is 2.77. The summed E-state index contributed by atoms with van der Waals surface area (Å²) in [6, 6.07) is 4.38. The monoisotopic (exact) mass is 281 g/mol. The number of hydrogen-bond acceptors (Lipinski definition) is 6. The Bertz CT molecular complexity index is 625. The molecule has 1 aromatic carbocycles. The van der Waals surface area contributed by atoms with Crippen molar-refractivity contribution >= 4 is 38.3 Å². The summed E-state index contributed by atoms with van der Waals surface area (Å²) >= 11 is 1.19. The number of ether oxygens (including phenoxy) is 1. The van der Waals surface area contributed by atoms with E-state index in [-0.39, 0.29) is 18.2 Å². The fraction of sp³-hybridized carbons (Fsp3) is 0.273. The summed E-state index contributed by atoms with van der Waals surface area (Å²) in [6.45, 7) is 2.22. The number of nitro benzene ring substituents is 1. The minimum atomic E-state index is -0.466. The van der Waals surface area contributed by atoms with Crippen LogP contribution < -0.4 is 5.32 Å². The van der Waals surface area contributed by atoms with E-state index in [0.717, 1.165) is 0 Å². The van der Waals surface area contributed by atoms with Gasteiger partial charge in [0.05, 0.1) is 15.1 Å². The lowest BCUT2D eigenvalue weighted by atomic mass is 10.3. The van der Waals surface area contributed by atoms with Gasteiger partial charge in [0.25, 0.3) is 11.6 Å². The Labute approximate surface area is 112 Å². The first-order valence-electron chi connectivity index (χ1n) is 5.52. The molecule has 1 N–H and O–H groups in total. The highest BCUT2D eigenvalue weighted by atomic mass is 32.1. The van der Waals surface area contributed by atoms with Crippen molar-refractivity contribution in [1.82, 2.24) is 4.98 Å². The quantitative estimate of drug-likeness (QED) is 0.669. The predicted molar refractivity (Wildman–Crippen MR) is 71.4 cm³/mol. The van der Waals surface area contributed by atoms with E-state index in [4.69, 9.17) is 4.74 Å². The Kier molecular flexibility index (Phi) is 4.03. The van der Waals surface area contributed by atoms with E-state index in [1.54, 1.807) is 13.0 Å². The number of non-ortho nitro benzene ring substituents is 1. The first-order valence-corrected chi connectivity index (χ1v) is 6.34. The van der Waals surface area contributed by atoms with Gasteiger partial charge in [-0.3, -0.25) is 20.2 Å². The van der Waals surface area contributed by atoms with Gasteiger partial charge in [0.15, 0.2) is 5.13 Å². The fourth-order valence-electron chi connectivity index (χ4n) is 1.43. The Balaban J connectivity index is 2.17. The van der Waals surface area contributed by atoms with E-state index in [1.807, 2.05) is 0 Å².